The summed E-state index contributed by atoms with van der Waals surface area (Å²) in [5.41, 5.74) is 1.09. The molecule has 1 aromatic heterocycles. The van der Waals surface area contributed by atoms with Gasteiger partial charge in [0.1, 0.15) is 0 Å². The first-order valence-corrected chi connectivity index (χ1v) is 9.79. The number of aryl methyl sites for hydroxylation is 1. The summed E-state index contributed by atoms with van der Waals surface area (Å²) in [5, 5.41) is 7.42. The molecule has 1 aromatic rings. The van der Waals surface area contributed by atoms with Crippen molar-refractivity contribution in [3.8, 4) is 0 Å². The Balaban J connectivity index is 1.39. The first-order valence-electron chi connectivity index (χ1n) is 9.79. The lowest BCUT2D eigenvalue weighted by atomic mass is 9.90. The molecule has 0 aromatic carbocycles. The molecule has 0 atom stereocenters. The van der Waals surface area contributed by atoms with Crippen molar-refractivity contribution in [2.45, 2.75) is 77.4 Å². The van der Waals surface area contributed by atoms with E-state index in [0.29, 0.717) is 6.54 Å². The van der Waals surface area contributed by atoms with E-state index in [2.05, 4.69) is 22.2 Å². The Morgan fingerprint density at radius 2 is 1.96 bits per heavy atom. The summed E-state index contributed by atoms with van der Waals surface area (Å²) in [7, 11) is 0. The normalized spacial score (nSPS) is 21.0. The van der Waals surface area contributed by atoms with Crippen molar-refractivity contribution in [2.24, 2.45) is 5.92 Å². The number of nitrogens with one attached hydrogen (secondary N) is 1. The largest absolute Gasteiger partial charge is 0.352 e. The topological polar surface area (TPSA) is 50.2 Å². The smallest absolute Gasteiger partial charge is 0.223 e. The zero-order valence-electron chi connectivity index (χ0n) is 15.0. The van der Waals surface area contributed by atoms with E-state index in [9.17, 15) is 4.79 Å². The van der Waals surface area contributed by atoms with Gasteiger partial charge in [-0.1, -0.05) is 26.2 Å². The van der Waals surface area contributed by atoms with Gasteiger partial charge in [-0.25, -0.2) is 0 Å². The van der Waals surface area contributed by atoms with Crippen LogP contribution in [0.1, 0.15) is 63.9 Å². The van der Waals surface area contributed by atoms with Crippen LogP contribution in [0.25, 0.3) is 0 Å². The monoisotopic (exact) mass is 332 g/mol. The predicted molar refractivity (Wildman–Crippen MR) is 95.5 cm³/mol. The Morgan fingerprint density at radius 3 is 2.67 bits per heavy atom. The minimum absolute atomic E-state index is 0.190. The highest BCUT2D eigenvalue weighted by Crippen LogP contribution is 2.27. The summed E-state index contributed by atoms with van der Waals surface area (Å²) < 4.78 is 1.95. The van der Waals surface area contributed by atoms with E-state index in [0.717, 1.165) is 50.5 Å². The maximum Gasteiger partial charge on any atom is 0.223 e. The van der Waals surface area contributed by atoms with Gasteiger partial charge in [-0.2, -0.15) is 5.10 Å². The van der Waals surface area contributed by atoms with Crippen LogP contribution < -0.4 is 5.32 Å². The summed E-state index contributed by atoms with van der Waals surface area (Å²) in [6.45, 7) is 5.87. The SMILES string of the molecule is CCCn1cc(CNC(=O)C2CCN(C3CCCCC3)CC2)cn1. The van der Waals surface area contributed by atoms with E-state index in [1.165, 1.54) is 32.1 Å². The van der Waals surface area contributed by atoms with E-state index in [-0.39, 0.29) is 11.8 Å². The van der Waals surface area contributed by atoms with Crippen molar-refractivity contribution in [1.82, 2.24) is 20.0 Å². The van der Waals surface area contributed by atoms with Gasteiger partial charge in [0.05, 0.1) is 6.20 Å². The van der Waals surface area contributed by atoms with Gasteiger partial charge in [0.25, 0.3) is 0 Å². The third-order valence-corrected chi connectivity index (χ3v) is 5.60. The van der Waals surface area contributed by atoms with E-state index >= 15 is 0 Å². The Morgan fingerprint density at radius 1 is 1.21 bits per heavy atom. The van der Waals surface area contributed by atoms with Crippen LogP contribution in [0, 0.1) is 5.92 Å². The fraction of sp³-hybridized carbons (Fsp3) is 0.789. The maximum atomic E-state index is 12.4. The summed E-state index contributed by atoms with van der Waals surface area (Å²) in [5.74, 6) is 0.414. The van der Waals surface area contributed by atoms with Crippen molar-refractivity contribution in [2.75, 3.05) is 13.1 Å². The molecule has 5 heteroatoms. The number of carbonyl (C=O) groups is 1. The first kappa shape index (κ1) is 17.5. The van der Waals surface area contributed by atoms with Crippen LogP contribution in [-0.4, -0.2) is 39.7 Å². The summed E-state index contributed by atoms with van der Waals surface area (Å²) >= 11 is 0. The molecular formula is C19H32N4O. The molecular weight excluding hydrogens is 300 g/mol. The van der Waals surface area contributed by atoms with E-state index in [1.807, 2.05) is 17.1 Å². The number of hydrogen-bond acceptors (Lipinski definition) is 3. The number of carbonyl (C=O) groups excluding carboxylic acids is 1. The average Bonchev–Trinajstić information content (AvgIpc) is 3.08. The van der Waals surface area contributed by atoms with Crippen molar-refractivity contribution >= 4 is 5.91 Å². The van der Waals surface area contributed by atoms with E-state index in [1.54, 1.807) is 0 Å². The van der Waals surface area contributed by atoms with Gasteiger partial charge in [-0.05, 0) is 45.2 Å². The highest BCUT2D eigenvalue weighted by atomic mass is 16.1. The molecule has 1 N–H and O–H groups in total. The van der Waals surface area contributed by atoms with Crippen LogP contribution in [-0.2, 0) is 17.9 Å². The molecule has 5 nitrogen and oxygen atoms in total. The molecule has 0 unspecified atom stereocenters. The number of aromatic nitrogens is 2. The van der Waals surface area contributed by atoms with Crippen molar-refractivity contribution in [1.29, 1.82) is 0 Å². The average molecular weight is 332 g/mol. The molecule has 1 saturated carbocycles. The van der Waals surface area contributed by atoms with Gasteiger partial charge in [0, 0.05) is 36.8 Å². The molecule has 1 saturated heterocycles. The molecule has 1 aliphatic carbocycles. The predicted octanol–water partition coefficient (Wildman–Crippen LogP) is 2.95. The van der Waals surface area contributed by atoms with Crippen LogP contribution in [0.3, 0.4) is 0 Å². The quantitative estimate of drug-likeness (QED) is 0.871. The zero-order valence-corrected chi connectivity index (χ0v) is 15.0. The van der Waals surface area contributed by atoms with Gasteiger partial charge in [-0.3, -0.25) is 9.48 Å². The molecule has 134 valence electrons. The number of rotatable bonds is 6. The lowest BCUT2D eigenvalue weighted by Crippen LogP contribution is -2.45. The van der Waals surface area contributed by atoms with Gasteiger partial charge >= 0.3 is 0 Å². The Kier molecular flexibility index (Phi) is 6.30. The summed E-state index contributed by atoms with van der Waals surface area (Å²) in [6, 6.07) is 0.784. The molecule has 0 radical (unpaired) electrons. The second-order valence-corrected chi connectivity index (χ2v) is 7.43. The molecule has 2 heterocycles. The maximum absolute atomic E-state index is 12.4. The van der Waals surface area contributed by atoms with Crippen LogP contribution >= 0.6 is 0 Å². The minimum atomic E-state index is 0.190. The van der Waals surface area contributed by atoms with Crippen LogP contribution in [0.5, 0.6) is 0 Å². The second-order valence-electron chi connectivity index (χ2n) is 7.43. The van der Waals surface area contributed by atoms with Crippen LogP contribution in [0.4, 0.5) is 0 Å². The highest BCUT2D eigenvalue weighted by Gasteiger charge is 2.29. The molecule has 2 fully saturated rings. The molecule has 2 aliphatic rings. The first-order chi connectivity index (χ1) is 11.8. The lowest BCUT2D eigenvalue weighted by Gasteiger charge is -2.38. The van der Waals surface area contributed by atoms with Gasteiger partial charge in [-0.15, -0.1) is 0 Å². The molecule has 0 bridgehead atoms. The number of amides is 1. The molecule has 1 aliphatic heterocycles. The number of likely N-dealkylation sites (tertiary alicyclic amines) is 1. The second kappa shape index (κ2) is 8.65. The van der Waals surface area contributed by atoms with E-state index in [4.69, 9.17) is 0 Å². The van der Waals surface area contributed by atoms with Crippen LogP contribution in [0.15, 0.2) is 12.4 Å². The van der Waals surface area contributed by atoms with Crippen LogP contribution in [0.2, 0.25) is 0 Å². The number of nitrogens with zero attached hydrogens (tertiary/aromatic N) is 3. The highest BCUT2D eigenvalue weighted by molar-refractivity contribution is 5.78. The molecule has 0 spiro atoms. The summed E-state index contributed by atoms with van der Waals surface area (Å²) in [4.78, 5) is 15.1. The Hall–Kier alpha value is -1.36. The summed E-state index contributed by atoms with van der Waals surface area (Å²) in [6.07, 6.45) is 13.9. The van der Waals surface area contributed by atoms with Crippen molar-refractivity contribution < 1.29 is 4.79 Å². The molecule has 3 rings (SSSR count). The third kappa shape index (κ3) is 4.59. The zero-order chi connectivity index (χ0) is 16.8. The van der Waals surface area contributed by atoms with Gasteiger partial charge < -0.3 is 10.2 Å². The standard InChI is InChI=1S/C19H32N4O/c1-2-10-23-15-16(14-21-23)13-20-19(24)17-8-11-22(12-9-17)18-6-4-3-5-7-18/h14-15,17-18H,2-13H2,1H3,(H,20,24). The number of piperidine rings is 1. The van der Waals surface area contributed by atoms with Crippen molar-refractivity contribution in [3.63, 3.8) is 0 Å². The Labute approximate surface area is 145 Å². The molecule has 24 heavy (non-hydrogen) atoms. The Bertz CT molecular complexity index is 513. The minimum Gasteiger partial charge on any atom is -0.352 e. The van der Waals surface area contributed by atoms with E-state index < -0.39 is 0 Å². The fourth-order valence-corrected chi connectivity index (χ4v) is 4.16. The lowest BCUT2D eigenvalue weighted by molar-refractivity contribution is -0.126. The van der Waals surface area contributed by atoms with Crippen molar-refractivity contribution in [3.05, 3.63) is 18.0 Å². The number of hydrogen-bond donors (Lipinski definition) is 1. The van der Waals surface area contributed by atoms with Gasteiger partial charge in [0.15, 0.2) is 0 Å². The fourth-order valence-electron chi connectivity index (χ4n) is 4.16. The molecule has 1 amide bonds. The third-order valence-electron chi connectivity index (χ3n) is 5.60. The van der Waals surface area contributed by atoms with Gasteiger partial charge in [0.2, 0.25) is 5.91 Å².